The van der Waals surface area contributed by atoms with Gasteiger partial charge in [-0.1, -0.05) is 18.5 Å². The number of nitrogens with zero attached hydrogens (tertiary/aromatic N) is 1. The molecule has 0 aromatic carbocycles. The van der Waals surface area contributed by atoms with Gasteiger partial charge in [0.25, 0.3) is 0 Å². The summed E-state index contributed by atoms with van der Waals surface area (Å²) in [4.78, 5) is 12.4. The molecular formula is C12H19N3O2. The first-order chi connectivity index (χ1) is 8.27. The van der Waals surface area contributed by atoms with Gasteiger partial charge in [0, 0.05) is 0 Å². The Morgan fingerprint density at radius 1 is 1.59 bits per heavy atom. The van der Waals surface area contributed by atoms with Crippen molar-refractivity contribution in [2.24, 2.45) is 5.41 Å². The van der Waals surface area contributed by atoms with Crippen LogP contribution in [0.4, 0.5) is 5.69 Å². The molecule has 0 radical (unpaired) electrons. The van der Waals surface area contributed by atoms with Crippen LogP contribution in [0.25, 0.3) is 0 Å². The fourth-order valence-corrected chi connectivity index (χ4v) is 2.50. The van der Waals surface area contributed by atoms with Gasteiger partial charge in [0.1, 0.15) is 12.0 Å². The highest BCUT2D eigenvalue weighted by Gasteiger charge is 2.38. The lowest BCUT2D eigenvalue weighted by molar-refractivity contribution is -0.127. The summed E-state index contributed by atoms with van der Waals surface area (Å²) >= 11 is 0. The number of hydrogen-bond donors (Lipinski definition) is 2. The lowest BCUT2D eigenvalue weighted by atomic mass is 9.74. The lowest BCUT2D eigenvalue weighted by Gasteiger charge is -2.35. The first-order valence-electron chi connectivity index (χ1n) is 6.18. The highest BCUT2D eigenvalue weighted by atomic mass is 16.5. The van der Waals surface area contributed by atoms with E-state index in [0.29, 0.717) is 5.69 Å². The van der Waals surface area contributed by atoms with E-state index in [2.05, 4.69) is 22.7 Å². The van der Waals surface area contributed by atoms with Gasteiger partial charge in [-0.25, -0.2) is 0 Å². The zero-order valence-electron chi connectivity index (χ0n) is 10.2. The van der Waals surface area contributed by atoms with Crippen molar-refractivity contribution in [3.8, 4) is 0 Å². The number of carbonyl (C=O) groups excluding carboxylic acids is 1. The molecule has 1 aliphatic rings. The van der Waals surface area contributed by atoms with Crippen molar-refractivity contribution in [3.63, 3.8) is 0 Å². The van der Waals surface area contributed by atoms with Crippen LogP contribution >= 0.6 is 0 Å². The lowest BCUT2D eigenvalue weighted by Crippen LogP contribution is -2.44. The molecule has 2 heterocycles. The Balaban J connectivity index is 2.06. The number of nitrogens with one attached hydrogen (secondary N) is 2. The van der Waals surface area contributed by atoms with E-state index in [9.17, 15) is 4.79 Å². The number of piperidine rings is 1. The van der Waals surface area contributed by atoms with Crippen molar-refractivity contribution in [2.75, 3.05) is 18.4 Å². The summed E-state index contributed by atoms with van der Waals surface area (Å²) < 4.78 is 4.72. The Hall–Kier alpha value is -1.36. The van der Waals surface area contributed by atoms with Gasteiger partial charge >= 0.3 is 0 Å². The quantitative estimate of drug-likeness (QED) is 0.837. The Kier molecular flexibility index (Phi) is 3.78. The van der Waals surface area contributed by atoms with Crippen LogP contribution in [0.3, 0.4) is 0 Å². The number of rotatable bonds is 4. The molecule has 1 fully saturated rings. The zero-order chi connectivity index (χ0) is 12.1. The van der Waals surface area contributed by atoms with Crippen LogP contribution < -0.4 is 10.6 Å². The summed E-state index contributed by atoms with van der Waals surface area (Å²) in [5.74, 6) is 0.101. The van der Waals surface area contributed by atoms with Crippen LogP contribution in [-0.2, 0) is 4.79 Å². The molecule has 94 valence electrons. The monoisotopic (exact) mass is 237 g/mol. The number of aromatic nitrogens is 1. The van der Waals surface area contributed by atoms with Gasteiger partial charge in [-0.3, -0.25) is 4.79 Å². The molecule has 1 aromatic rings. The molecule has 0 saturated carbocycles. The van der Waals surface area contributed by atoms with E-state index in [0.717, 1.165) is 38.8 Å². The molecule has 5 nitrogen and oxygen atoms in total. The zero-order valence-corrected chi connectivity index (χ0v) is 10.2. The maximum Gasteiger partial charge on any atom is 0.230 e. The Morgan fingerprint density at radius 2 is 2.35 bits per heavy atom. The fourth-order valence-electron chi connectivity index (χ4n) is 2.50. The van der Waals surface area contributed by atoms with Crippen molar-refractivity contribution < 1.29 is 9.32 Å². The van der Waals surface area contributed by atoms with Gasteiger partial charge < -0.3 is 15.2 Å². The van der Waals surface area contributed by atoms with Gasteiger partial charge in [-0.15, -0.1) is 0 Å². The maximum atomic E-state index is 12.4. The van der Waals surface area contributed by atoms with E-state index >= 15 is 0 Å². The number of carbonyl (C=O) groups is 1. The summed E-state index contributed by atoms with van der Waals surface area (Å²) in [6.07, 6.45) is 6.75. The van der Waals surface area contributed by atoms with Crippen LogP contribution in [0.15, 0.2) is 17.0 Å². The third-order valence-corrected chi connectivity index (χ3v) is 3.46. The fraction of sp³-hybridized carbons (Fsp3) is 0.667. The van der Waals surface area contributed by atoms with Gasteiger partial charge in [0.15, 0.2) is 0 Å². The summed E-state index contributed by atoms with van der Waals surface area (Å²) in [5.41, 5.74) is 0.418. The highest BCUT2D eigenvalue weighted by molar-refractivity contribution is 5.95. The predicted molar refractivity (Wildman–Crippen MR) is 64.6 cm³/mol. The molecule has 0 spiro atoms. The van der Waals surface area contributed by atoms with E-state index < -0.39 is 0 Å². The number of anilines is 1. The van der Waals surface area contributed by atoms with E-state index in [4.69, 9.17) is 4.52 Å². The van der Waals surface area contributed by atoms with E-state index in [-0.39, 0.29) is 11.3 Å². The average Bonchev–Trinajstić information content (AvgIpc) is 2.83. The second-order valence-electron chi connectivity index (χ2n) is 4.65. The van der Waals surface area contributed by atoms with Crippen molar-refractivity contribution in [2.45, 2.75) is 32.6 Å². The third kappa shape index (κ3) is 2.66. The Labute approximate surface area is 101 Å². The predicted octanol–water partition coefficient (Wildman–Crippen LogP) is 1.78. The van der Waals surface area contributed by atoms with Crippen LogP contribution in [0.5, 0.6) is 0 Å². The first kappa shape index (κ1) is 12.1. The molecule has 0 atom stereocenters. The molecule has 0 bridgehead atoms. The molecule has 5 heteroatoms. The van der Waals surface area contributed by atoms with Crippen LogP contribution in [0.2, 0.25) is 0 Å². The minimum atomic E-state index is -0.225. The highest BCUT2D eigenvalue weighted by Crippen LogP contribution is 2.35. The normalized spacial score (nSPS) is 18.9. The Morgan fingerprint density at radius 3 is 2.94 bits per heavy atom. The molecule has 2 N–H and O–H groups in total. The smallest absolute Gasteiger partial charge is 0.230 e. The SMILES string of the molecule is CCCC1(C(=O)Nc2cnoc2)CCNCC1. The molecule has 0 unspecified atom stereocenters. The van der Waals surface area contributed by atoms with E-state index in [1.807, 2.05) is 0 Å². The third-order valence-electron chi connectivity index (χ3n) is 3.46. The van der Waals surface area contributed by atoms with Crippen molar-refractivity contribution in [3.05, 3.63) is 12.5 Å². The molecule has 1 aliphatic heterocycles. The molecule has 0 aliphatic carbocycles. The minimum absolute atomic E-state index is 0.101. The van der Waals surface area contributed by atoms with Gasteiger partial charge in [0.2, 0.25) is 5.91 Å². The molecule has 2 rings (SSSR count). The average molecular weight is 237 g/mol. The Bertz CT molecular complexity index is 350. The van der Waals surface area contributed by atoms with Crippen molar-refractivity contribution in [1.82, 2.24) is 10.5 Å². The van der Waals surface area contributed by atoms with Crippen LogP contribution in [-0.4, -0.2) is 24.2 Å². The molecule has 1 saturated heterocycles. The van der Waals surface area contributed by atoms with Crippen molar-refractivity contribution in [1.29, 1.82) is 0 Å². The summed E-state index contributed by atoms with van der Waals surface area (Å²) in [6, 6.07) is 0. The van der Waals surface area contributed by atoms with Gasteiger partial charge in [-0.2, -0.15) is 0 Å². The van der Waals surface area contributed by atoms with E-state index in [1.165, 1.54) is 12.5 Å². The maximum absolute atomic E-state index is 12.4. The second kappa shape index (κ2) is 5.31. The van der Waals surface area contributed by atoms with E-state index in [1.54, 1.807) is 0 Å². The molecule has 1 aromatic heterocycles. The van der Waals surface area contributed by atoms with Crippen LogP contribution in [0.1, 0.15) is 32.6 Å². The molecule has 1 amide bonds. The topological polar surface area (TPSA) is 67.2 Å². The van der Waals surface area contributed by atoms with Gasteiger partial charge in [-0.05, 0) is 32.4 Å². The first-order valence-corrected chi connectivity index (χ1v) is 6.18. The summed E-state index contributed by atoms with van der Waals surface area (Å²) in [6.45, 7) is 3.95. The summed E-state index contributed by atoms with van der Waals surface area (Å²) in [7, 11) is 0. The van der Waals surface area contributed by atoms with Crippen molar-refractivity contribution >= 4 is 11.6 Å². The minimum Gasteiger partial charge on any atom is -0.363 e. The molecule has 17 heavy (non-hydrogen) atoms. The largest absolute Gasteiger partial charge is 0.363 e. The standard InChI is InChI=1S/C12H19N3O2/c1-2-3-12(4-6-13-7-5-12)11(16)15-10-8-14-17-9-10/h8-9,13H,2-7H2,1H3,(H,15,16). The second-order valence-corrected chi connectivity index (χ2v) is 4.65. The molecular weight excluding hydrogens is 218 g/mol. The number of amides is 1. The number of hydrogen-bond acceptors (Lipinski definition) is 4. The summed E-state index contributed by atoms with van der Waals surface area (Å²) in [5, 5.41) is 9.78. The van der Waals surface area contributed by atoms with Crippen LogP contribution in [0, 0.1) is 5.41 Å². The van der Waals surface area contributed by atoms with Gasteiger partial charge in [0.05, 0.1) is 11.6 Å².